The molecule has 3 aromatic rings. The predicted octanol–water partition coefficient (Wildman–Crippen LogP) is 5.39. The van der Waals surface area contributed by atoms with Crippen LogP contribution in [0.25, 0.3) is 22.4 Å². The van der Waals surface area contributed by atoms with Crippen molar-refractivity contribution in [2.24, 2.45) is 0 Å². The Morgan fingerprint density at radius 3 is 2.33 bits per heavy atom. The summed E-state index contributed by atoms with van der Waals surface area (Å²) in [7, 11) is -1.27. The fraction of sp³-hybridized carbons (Fsp3) is 0.143. The number of nitriles is 1. The van der Waals surface area contributed by atoms with Crippen molar-refractivity contribution in [1.82, 2.24) is 4.98 Å². The Morgan fingerprint density at radius 1 is 0.875 bits per heavy atom. The monoisotopic (exact) mass is 330 g/mol. The Hall–Kier alpha value is -2.57. The largest absolute Gasteiger partial charge is 0.256 e. The highest BCUT2D eigenvalue weighted by Gasteiger charge is 2.36. The Bertz CT molecular complexity index is 998. The highest BCUT2D eigenvalue weighted by Crippen LogP contribution is 2.70. The molecule has 1 aliphatic rings. The zero-order valence-corrected chi connectivity index (χ0v) is 14.8. The number of benzene rings is 2. The SMILES string of the molecule is Cc1ccc2c(c1C#N)S(C)(C)c1c(-c3ccccn3)cccc1-2. The summed E-state index contributed by atoms with van der Waals surface area (Å²) < 4.78 is 0. The fourth-order valence-electron chi connectivity index (χ4n) is 3.69. The van der Waals surface area contributed by atoms with Gasteiger partial charge in [-0.15, -0.1) is 0 Å². The Kier molecular flexibility index (Phi) is 3.26. The van der Waals surface area contributed by atoms with Gasteiger partial charge < -0.3 is 0 Å². The second kappa shape index (κ2) is 5.22. The van der Waals surface area contributed by atoms with Gasteiger partial charge in [0.05, 0.1) is 11.3 Å². The smallest absolute Gasteiger partial charge is 0.101 e. The fourth-order valence-corrected chi connectivity index (χ4v) is 6.79. The van der Waals surface area contributed by atoms with Crippen LogP contribution in [-0.2, 0) is 0 Å². The van der Waals surface area contributed by atoms with Crippen molar-refractivity contribution in [2.75, 3.05) is 12.5 Å². The standard InChI is InChI=1S/C21H18N2S/c1-14-10-11-16-15-7-6-8-17(19-9-4-5-12-23-19)20(15)24(2,3)21(16)18(14)13-22/h4-12H,1-3H3. The van der Waals surface area contributed by atoms with Gasteiger partial charge in [-0.3, -0.25) is 4.98 Å². The minimum atomic E-state index is -1.27. The number of pyridine rings is 1. The van der Waals surface area contributed by atoms with Gasteiger partial charge in [-0.1, -0.05) is 36.4 Å². The predicted molar refractivity (Wildman–Crippen MR) is 101 cm³/mol. The molecule has 3 heteroatoms. The molecule has 24 heavy (non-hydrogen) atoms. The summed E-state index contributed by atoms with van der Waals surface area (Å²) in [5, 5.41) is 9.73. The van der Waals surface area contributed by atoms with E-state index >= 15 is 0 Å². The van der Waals surface area contributed by atoms with Crippen molar-refractivity contribution in [2.45, 2.75) is 16.7 Å². The molecule has 118 valence electrons. The van der Waals surface area contributed by atoms with Crippen molar-refractivity contribution in [3.63, 3.8) is 0 Å². The van der Waals surface area contributed by atoms with Gasteiger partial charge >= 0.3 is 0 Å². The van der Waals surface area contributed by atoms with Crippen LogP contribution in [-0.4, -0.2) is 17.5 Å². The number of rotatable bonds is 1. The van der Waals surface area contributed by atoms with Crippen molar-refractivity contribution in [1.29, 1.82) is 5.26 Å². The molecule has 0 unspecified atom stereocenters. The van der Waals surface area contributed by atoms with E-state index < -0.39 is 10.0 Å². The van der Waals surface area contributed by atoms with Gasteiger partial charge in [0.2, 0.25) is 0 Å². The van der Waals surface area contributed by atoms with E-state index in [0.717, 1.165) is 16.8 Å². The molecule has 1 aliphatic heterocycles. The van der Waals surface area contributed by atoms with E-state index in [1.807, 2.05) is 25.3 Å². The highest BCUT2D eigenvalue weighted by molar-refractivity contribution is 8.33. The molecule has 0 saturated carbocycles. The minimum Gasteiger partial charge on any atom is -0.256 e. The van der Waals surface area contributed by atoms with Crippen LogP contribution in [0, 0.1) is 18.3 Å². The van der Waals surface area contributed by atoms with Crippen molar-refractivity contribution in [3.05, 3.63) is 65.9 Å². The van der Waals surface area contributed by atoms with Crippen LogP contribution in [0.4, 0.5) is 0 Å². The van der Waals surface area contributed by atoms with E-state index in [4.69, 9.17) is 0 Å². The molecular weight excluding hydrogens is 312 g/mol. The van der Waals surface area contributed by atoms with E-state index in [1.54, 1.807) is 0 Å². The maximum absolute atomic E-state index is 9.73. The summed E-state index contributed by atoms with van der Waals surface area (Å²) in [5.74, 6) is 0. The lowest BCUT2D eigenvalue weighted by Crippen LogP contribution is -1.99. The van der Waals surface area contributed by atoms with Crippen LogP contribution in [0.1, 0.15) is 11.1 Å². The topological polar surface area (TPSA) is 36.7 Å². The molecule has 2 aromatic carbocycles. The van der Waals surface area contributed by atoms with Gasteiger partial charge in [-0.05, 0) is 48.3 Å². The summed E-state index contributed by atoms with van der Waals surface area (Å²) in [6.07, 6.45) is 6.43. The third-order valence-corrected chi connectivity index (χ3v) is 7.65. The summed E-state index contributed by atoms with van der Waals surface area (Å²) in [6.45, 7) is 2.02. The molecule has 4 rings (SSSR count). The first-order valence-corrected chi connectivity index (χ1v) is 10.3. The quantitative estimate of drug-likeness (QED) is 0.599. The first-order valence-electron chi connectivity index (χ1n) is 7.87. The first-order chi connectivity index (χ1) is 11.6. The minimum absolute atomic E-state index is 0.843. The van der Waals surface area contributed by atoms with Crippen LogP contribution < -0.4 is 0 Å². The number of hydrogen-bond donors (Lipinski definition) is 0. The molecule has 0 N–H and O–H groups in total. The molecule has 0 atom stereocenters. The molecule has 0 spiro atoms. The van der Waals surface area contributed by atoms with Gasteiger partial charge in [-0.2, -0.15) is 15.3 Å². The van der Waals surface area contributed by atoms with E-state index in [1.165, 1.54) is 26.5 Å². The summed E-state index contributed by atoms with van der Waals surface area (Å²) in [6, 6.07) is 19.1. The second-order valence-electron chi connectivity index (χ2n) is 6.47. The third-order valence-electron chi connectivity index (χ3n) is 4.74. The van der Waals surface area contributed by atoms with Crippen LogP contribution in [0.3, 0.4) is 0 Å². The normalized spacial score (nSPS) is 15.2. The molecule has 0 bridgehead atoms. The summed E-state index contributed by atoms with van der Waals surface area (Å²) in [5.41, 5.74) is 6.55. The Balaban J connectivity index is 2.09. The molecular formula is C21H18N2S. The highest BCUT2D eigenvalue weighted by atomic mass is 32.3. The molecule has 1 aromatic heterocycles. The lowest BCUT2D eigenvalue weighted by molar-refractivity contribution is 1.29. The maximum atomic E-state index is 9.73. The number of aryl methyl sites for hydroxylation is 1. The third kappa shape index (κ3) is 1.93. The van der Waals surface area contributed by atoms with Crippen molar-refractivity contribution < 1.29 is 0 Å². The molecule has 0 aliphatic carbocycles. The summed E-state index contributed by atoms with van der Waals surface area (Å²) >= 11 is 0. The molecule has 2 heterocycles. The van der Waals surface area contributed by atoms with Gasteiger partial charge in [-0.25, -0.2) is 0 Å². The van der Waals surface area contributed by atoms with Gasteiger partial charge in [0.25, 0.3) is 0 Å². The molecule has 0 radical (unpaired) electrons. The van der Waals surface area contributed by atoms with Gasteiger partial charge in [0.1, 0.15) is 6.07 Å². The molecule has 0 amide bonds. The van der Waals surface area contributed by atoms with Gasteiger partial charge in [0, 0.05) is 21.6 Å². The maximum Gasteiger partial charge on any atom is 0.101 e. The molecule has 2 nitrogen and oxygen atoms in total. The van der Waals surface area contributed by atoms with Crippen molar-refractivity contribution in [3.8, 4) is 28.5 Å². The number of aromatic nitrogens is 1. The lowest BCUT2D eigenvalue weighted by atomic mass is 9.98. The van der Waals surface area contributed by atoms with E-state index in [9.17, 15) is 5.26 Å². The van der Waals surface area contributed by atoms with Crippen LogP contribution >= 0.6 is 10.0 Å². The zero-order chi connectivity index (χ0) is 16.9. The van der Waals surface area contributed by atoms with Gasteiger partial charge in [0.15, 0.2) is 0 Å². The van der Waals surface area contributed by atoms with Crippen LogP contribution in [0.5, 0.6) is 0 Å². The average Bonchev–Trinajstić information content (AvgIpc) is 2.84. The van der Waals surface area contributed by atoms with E-state index in [-0.39, 0.29) is 0 Å². The average molecular weight is 330 g/mol. The molecule has 0 saturated heterocycles. The molecule has 0 fully saturated rings. The van der Waals surface area contributed by atoms with Crippen LogP contribution in [0.15, 0.2) is 64.5 Å². The Labute approximate surface area is 144 Å². The van der Waals surface area contributed by atoms with Crippen LogP contribution in [0.2, 0.25) is 0 Å². The Morgan fingerprint density at radius 2 is 1.62 bits per heavy atom. The van der Waals surface area contributed by atoms with Crippen molar-refractivity contribution >= 4 is 10.0 Å². The first kappa shape index (κ1) is 15.0. The van der Waals surface area contributed by atoms with E-state index in [0.29, 0.717) is 0 Å². The second-order valence-corrected chi connectivity index (χ2v) is 9.94. The number of fused-ring (bicyclic) bond motifs is 3. The van der Waals surface area contributed by atoms with E-state index in [2.05, 4.69) is 60.0 Å². The zero-order valence-electron chi connectivity index (χ0n) is 14.0. The number of nitrogens with zero attached hydrogens (tertiary/aromatic N) is 2. The number of hydrogen-bond acceptors (Lipinski definition) is 2. The lowest BCUT2D eigenvalue weighted by Gasteiger charge is -2.31. The summed E-state index contributed by atoms with van der Waals surface area (Å²) in [4.78, 5) is 7.14.